The van der Waals surface area contributed by atoms with Gasteiger partial charge in [-0.25, -0.2) is 0 Å². The summed E-state index contributed by atoms with van der Waals surface area (Å²) in [4.78, 5) is 20.1. The lowest BCUT2D eigenvalue weighted by atomic mass is 9.89. The highest BCUT2D eigenvalue weighted by Crippen LogP contribution is 2.34. The summed E-state index contributed by atoms with van der Waals surface area (Å²) in [5.41, 5.74) is 12.5. The minimum Gasteiger partial charge on any atom is -0.379 e. The Morgan fingerprint density at radius 2 is 2.10 bits per heavy atom. The number of carbonyl (C=O) groups is 1. The Balaban J connectivity index is 2.19. The zero-order chi connectivity index (χ0) is 15.5. The van der Waals surface area contributed by atoms with Gasteiger partial charge in [0, 0.05) is 18.4 Å². The average Bonchev–Trinajstić information content (AvgIpc) is 2.47. The number of thioether (sulfide) groups is 1. The van der Waals surface area contributed by atoms with Crippen LogP contribution in [-0.2, 0) is 5.54 Å². The van der Waals surface area contributed by atoms with Crippen molar-refractivity contribution in [3.05, 3.63) is 35.4 Å². The predicted molar refractivity (Wildman–Crippen MR) is 87.5 cm³/mol. The molecular formula is C14H19N5OS. The molecule has 1 aliphatic heterocycles. The maximum Gasteiger partial charge on any atom is 0.257 e. The van der Waals surface area contributed by atoms with Crippen molar-refractivity contribution >= 4 is 28.8 Å². The number of rotatable bonds is 2. The summed E-state index contributed by atoms with van der Waals surface area (Å²) in [6, 6.07) is 7.32. The van der Waals surface area contributed by atoms with Crippen molar-refractivity contribution in [2.24, 2.45) is 21.5 Å². The summed E-state index contributed by atoms with van der Waals surface area (Å²) in [6.45, 7) is 2.05. The number of amidine groups is 1. The monoisotopic (exact) mass is 305 g/mol. The minimum absolute atomic E-state index is 0.0951. The highest BCUT2D eigenvalue weighted by Gasteiger charge is 2.29. The molecule has 1 aromatic carbocycles. The normalized spacial score (nSPS) is 22.6. The van der Waals surface area contributed by atoms with Crippen LogP contribution < -0.4 is 16.8 Å². The largest absolute Gasteiger partial charge is 0.379 e. The van der Waals surface area contributed by atoms with Gasteiger partial charge >= 0.3 is 0 Å². The lowest BCUT2D eigenvalue weighted by molar-refractivity contribution is 0.0976. The number of hydrogen-bond acceptors (Lipinski definition) is 5. The molecule has 21 heavy (non-hydrogen) atoms. The van der Waals surface area contributed by atoms with Gasteiger partial charge in [0.2, 0.25) is 0 Å². The smallest absolute Gasteiger partial charge is 0.257 e. The number of amides is 1. The van der Waals surface area contributed by atoms with Crippen molar-refractivity contribution in [3.8, 4) is 0 Å². The Morgan fingerprint density at radius 1 is 1.43 bits per heavy atom. The van der Waals surface area contributed by atoms with Gasteiger partial charge in [0.15, 0.2) is 11.1 Å². The number of nitrogens with one attached hydrogen (secondary N) is 1. The summed E-state index contributed by atoms with van der Waals surface area (Å²) in [7, 11) is 1.52. The fourth-order valence-electron chi connectivity index (χ4n) is 2.12. The number of nitrogens with two attached hydrogens (primary N) is 2. The molecule has 1 aromatic rings. The molecule has 1 amide bonds. The van der Waals surface area contributed by atoms with Crippen LogP contribution in [0.25, 0.3) is 0 Å². The van der Waals surface area contributed by atoms with Gasteiger partial charge < -0.3 is 11.5 Å². The first-order valence-electron chi connectivity index (χ1n) is 6.57. The van der Waals surface area contributed by atoms with Crippen LogP contribution in [0.2, 0.25) is 0 Å². The summed E-state index contributed by atoms with van der Waals surface area (Å²) in [5.74, 6) is 0.757. The SMILES string of the molecule is CN=C(N)NC(=O)c1ccc(C2(C)CCSC(N)=N2)cc1. The Morgan fingerprint density at radius 3 is 2.67 bits per heavy atom. The van der Waals surface area contributed by atoms with Gasteiger partial charge in [0.05, 0.1) is 5.54 Å². The van der Waals surface area contributed by atoms with Gasteiger partial charge in [-0.15, -0.1) is 0 Å². The molecule has 7 heteroatoms. The topological polar surface area (TPSA) is 106 Å². The van der Waals surface area contributed by atoms with Gasteiger partial charge in [0.25, 0.3) is 5.91 Å². The van der Waals surface area contributed by atoms with Crippen molar-refractivity contribution in [2.45, 2.75) is 18.9 Å². The predicted octanol–water partition coefficient (Wildman–Crippen LogP) is 1.03. The number of nitrogens with zero attached hydrogens (tertiary/aromatic N) is 2. The van der Waals surface area contributed by atoms with E-state index in [4.69, 9.17) is 11.5 Å². The van der Waals surface area contributed by atoms with Crippen molar-refractivity contribution in [1.29, 1.82) is 0 Å². The van der Waals surface area contributed by atoms with E-state index in [9.17, 15) is 4.79 Å². The molecular weight excluding hydrogens is 286 g/mol. The van der Waals surface area contributed by atoms with Crippen molar-refractivity contribution in [2.75, 3.05) is 12.8 Å². The fourth-order valence-corrected chi connectivity index (χ4v) is 3.09. The number of aliphatic imine (C=N–C) groups is 2. The van der Waals surface area contributed by atoms with E-state index in [-0.39, 0.29) is 17.4 Å². The number of guanidine groups is 1. The lowest BCUT2D eigenvalue weighted by Crippen LogP contribution is -2.36. The van der Waals surface area contributed by atoms with E-state index in [0.29, 0.717) is 10.7 Å². The van der Waals surface area contributed by atoms with Crippen LogP contribution in [0.1, 0.15) is 29.3 Å². The van der Waals surface area contributed by atoms with Gasteiger partial charge in [-0.3, -0.25) is 20.1 Å². The van der Waals surface area contributed by atoms with Gasteiger partial charge in [0.1, 0.15) is 0 Å². The summed E-state index contributed by atoms with van der Waals surface area (Å²) in [6.07, 6.45) is 0.916. The molecule has 0 bridgehead atoms. The third-order valence-corrected chi connectivity index (χ3v) is 4.24. The van der Waals surface area contributed by atoms with Crippen LogP contribution in [0.4, 0.5) is 0 Å². The Hall–Kier alpha value is -2.02. The number of benzene rings is 1. The fraction of sp³-hybridized carbons (Fsp3) is 0.357. The quantitative estimate of drug-likeness (QED) is 0.560. The van der Waals surface area contributed by atoms with Crippen LogP contribution in [0, 0.1) is 0 Å². The van der Waals surface area contributed by atoms with Crippen LogP contribution in [0.3, 0.4) is 0 Å². The second-order valence-electron chi connectivity index (χ2n) is 4.96. The van der Waals surface area contributed by atoms with Crippen LogP contribution in [-0.4, -0.2) is 29.8 Å². The number of hydrogen-bond donors (Lipinski definition) is 3. The Labute approximate surface area is 128 Å². The molecule has 0 fully saturated rings. The molecule has 0 aliphatic carbocycles. The van der Waals surface area contributed by atoms with Gasteiger partial charge in [-0.1, -0.05) is 23.9 Å². The van der Waals surface area contributed by atoms with E-state index < -0.39 is 0 Å². The molecule has 0 saturated carbocycles. The molecule has 1 atom stereocenters. The highest BCUT2D eigenvalue weighted by molar-refractivity contribution is 8.13. The minimum atomic E-state index is -0.325. The lowest BCUT2D eigenvalue weighted by Gasteiger charge is -2.29. The van der Waals surface area contributed by atoms with Gasteiger partial charge in [-0.2, -0.15) is 0 Å². The maximum absolute atomic E-state index is 11.9. The highest BCUT2D eigenvalue weighted by atomic mass is 32.2. The summed E-state index contributed by atoms with van der Waals surface area (Å²) >= 11 is 1.57. The first-order chi connectivity index (χ1) is 9.94. The summed E-state index contributed by atoms with van der Waals surface area (Å²) in [5, 5.41) is 3.11. The van der Waals surface area contributed by atoms with E-state index in [1.165, 1.54) is 7.05 Å². The zero-order valence-corrected chi connectivity index (χ0v) is 12.9. The van der Waals surface area contributed by atoms with E-state index in [0.717, 1.165) is 17.7 Å². The first kappa shape index (κ1) is 15.4. The third kappa shape index (κ3) is 3.55. The van der Waals surface area contributed by atoms with Crippen LogP contribution in [0.5, 0.6) is 0 Å². The molecule has 112 valence electrons. The van der Waals surface area contributed by atoms with Crippen molar-refractivity contribution in [3.63, 3.8) is 0 Å². The second-order valence-corrected chi connectivity index (χ2v) is 6.08. The molecule has 1 aliphatic rings. The molecule has 2 rings (SSSR count). The average molecular weight is 305 g/mol. The standard InChI is InChI=1S/C14H19N5OS/c1-14(7-8-21-13(16)19-14)10-5-3-9(4-6-10)11(20)18-12(15)17-2/h3-6H,7-8H2,1-2H3,(H2,16,19)(H3,15,17,18,20). The molecule has 1 unspecified atom stereocenters. The van der Waals surface area contributed by atoms with Crippen LogP contribution in [0.15, 0.2) is 34.3 Å². The second kappa shape index (κ2) is 6.17. The molecule has 1 heterocycles. The molecule has 0 aromatic heterocycles. The van der Waals surface area contributed by atoms with E-state index in [1.54, 1.807) is 23.9 Å². The van der Waals surface area contributed by atoms with Crippen molar-refractivity contribution < 1.29 is 4.79 Å². The maximum atomic E-state index is 11.9. The van der Waals surface area contributed by atoms with E-state index in [1.807, 2.05) is 12.1 Å². The zero-order valence-electron chi connectivity index (χ0n) is 12.1. The molecule has 6 nitrogen and oxygen atoms in total. The van der Waals surface area contributed by atoms with E-state index >= 15 is 0 Å². The molecule has 0 radical (unpaired) electrons. The van der Waals surface area contributed by atoms with Crippen molar-refractivity contribution in [1.82, 2.24) is 5.32 Å². The Bertz CT molecular complexity index is 596. The summed E-state index contributed by atoms with van der Waals surface area (Å²) < 4.78 is 0. The molecule has 5 N–H and O–H groups in total. The third-order valence-electron chi connectivity index (χ3n) is 3.45. The molecule has 0 spiro atoms. The molecule has 0 saturated heterocycles. The first-order valence-corrected chi connectivity index (χ1v) is 7.55. The Kier molecular flexibility index (Phi) is 4.52. The van der Waals surface area contributed by atoms with Gasteiger partial charge in [-0.05, 0) is 31.0 Å². The number of carbonyl (C=O) groups excluding carboxylic acids is 1. The van der Waals surface area contributed by atoms with E-state index in [2.05, 4.69) is 22.2 Å². The van der Waals surface area contributed by atoms with Crippen LogP contribution >= 0.6 is 11.8 Å².